The molecule has 5 nitrogen and oxygen atoms in total. The first-order chi connectivity index (χ1) is 11.0. The van der Waals surface area contributed by atoms with Gasteiger partial charge in [0, 0.05) is 39.8 Å². The molecule has 7 heteroatoms. The number of hydrogen-bond donors (Lipinski definition) is 0. The summed E-state index contributed by atoms with van der Waals surface area (Å²) in [5.74, 6) is -0.179. The Bertz CT molecular complexity index is 690. The molecule has 2 aromatic rings. The second kappa shape index (κ2) is 6.96. The number of carbonyl (C=O) groups is 1. The monoisotopic (exact) mass is 428 g/mol. The van der Waals surface area contributed by atoms with Crippen LogP contribution in [-0.2, 0) is 13.6 Å². The molecule has 0 aliphatic carbocycles. The summed E-state index contributed by atoms with van der Waals surface area (Å²) >= 11 is 2.14. The topological polar surface area (TPSA) is 41.4 Å². The number of halogens is 2. The second-order valence-corrected chi connectivity index (χ2v) is 6.83. The molecule has 0 radical (unpaired) electrons. The third-order valence-electron chi connectivity index (χ3n) is 4.05. The maximum Gasteiger partial charge on any atom is 0.273 e. The third-order valence-corrected chi connectivity index (χ3v) is 4.84. The van der Waals surface area contributed by atoms with Crippen LogP contribution in [0, 0.1) is 9.39 Å². The molecular weight excluding hydrogens is 410 g/mol. The van der Waals surface area contributed by atoms with Gasteiger partial charge in [-0.1, -0.05) is 12.1 Å². The molecular formula is C16H18FIN4O. The Morgan fingerprint density at radius 1 is 1.30 bits per heavy atom. The van der Waals surface area contributed by atoms with E-state index >= 15 is 0 Å². The molecule has 1 aromatic heterocycles. The molecule has 1 aliphatic rings. The van der Waals surface area contributed by atoms with Crippen molar-refractivity contribution in [1.29, 1.82) is 0 Å². The maximum atomic E-state index is 13.2. The highest BCUT2D eigenvalue weighted by atomic mass is 127. The molecule has 1 saturated heterocycles. The Balaban J connectivity index is 1.59. The predicted octanol–water partition coefficient (Wildman–Crippen LogP) is 2.12. The van der Waals surface area contributed by atoms with Gasteiger partial charge in [0.05, 0.1) is 9.77 Å². The van der Waals surface area contributed by atoms with Crippen molar-refractivity contribution in [1.82, 2.24) is 19.6 Å². The van der Waals surface area contributed by atoms with Crippen LogP contribution in [0.1, 0.15) is 16.1 Å². The summed E-state index contributed by atoms with van der Waals surface area (Å²) in [7, 11) is 1.79. The first kappa shape index (κ1) is 16.4. The van der Waals surface area contributed by atoms with Gasteiger partial charge in [-0.3, -0.25) is 14.4 Å². The molecule has 0 saturated carbocycles. The highest BCUT2D eigenvalue weighted by Gasteiger charge is 2.25. The minimum atomic E-state index is -0.206. The van der Waals surface area contributed by atoms with Crippen molar-refractivity contribution < 1.29 is 9.18 Å². The van der Waals surface area contributed by atoms with Crippen molar-refractivity contribution in [2.24, 2.45) is 7.05 Å². The van der Waals surface area contributed by atoms with Crippen LogP contribution in [-0.4, -0.2) is 51.7 Å². The summed E-state index contributed by atoms with van der Waals surface area (Å²) in [6, 6.07) is 6.68. The zero-order chi connectivity index (χ0) is 16.4. The normalized spacial score (nSPS) is 15.9. The lowest BCUT2D eigenvalue weighted by Crippen LogP contribution is -2.48. The van der Waals surface area contributed by atoms with E-state index in [0.29, 0.717) is 25.3 Å². The molecule has 2 heterocycles. The minimum Gasteiger partial charge on any atom is -0.335 e. The van der Waals surface area contributed by atoms with Gasteiger partial charge in [0.2, 0.25) is 0 Å². The van der Waals surface area contributed by atoms with Gasteiger partial charge in [-0.15, -0.1) is 0 Å². The van der Waals surface area contributed by atoms with E-state index in [9.17, 15) is 9.18 Å². The fraction of sp³-hybridized carbons (Fsp3) is 0.375. The van der Waals surface area contributed by atoms with E-state index in [1.165, 1.54) is 6.07 Å². The number of hydrogen-bond acceptors (Lipinski definition) is 3. The van der Waals surface area contributed by atoms with Crippen LogP contribution in [0.3, 0.4) is 0 Å². The standard InChI is InChI=1S/C16H18FIN4O/c1-20-15(14(18)10-19-20)16(23)22-7-5-21(6-8-22)11-12-3-2-4-13(17)9-12/h2-4,9-10H,5-8,11H2,1H3. The third kappa shape index (κ3) is 3.72. The van der Waals surface area contributed by atoms with E-state index in [4.69, 9.17) is 0 Å². The fourth-order valence-corrected chi connectivity index (χ4v) is 3.51. The Morgan fingerprint density at radius 2 is 2.04 bits per heavy atom. The molecule has 0 spiro atoms. The number of piperazine rings is 1. The number of aromatic nitrogens is 2. The SMILES string of the molecule is Cn1ncc(I)c1C(=O)N1CCN(Cc2cccc(F)c2)CC1. The van der Waals surface area contributed by atoms with Crippen LogP contribution in [0.5, 0.6) is 0 Å². The number of carbonyl (C=O) groups excluding carboxylic acids is 1. The summed E-state index contributed by atoms with van der Waals surface area (Å²) in [4.78, 5) is 16.7. The van der Waals surface area contributed by atoms with E-state index in [0.717, 1.165) is 22.2 Å². The molecule has 1 amide bonds. The molecule has 0 atom stereocenters. The average Bonchev–Trinajstić information content (AvgIpc) is 2.86. The Hall–Kier alpha value is -1.48. The van der Waals surface area contributed by atoms with E-state index < -0.39 is 0 Å². The van der Waals surface area contributed by atoms with Crippen molar-refractivity contribution in [2.75, 3.05) is 26.2 Å². The first-order valence-corrected chi connectivity index (χ1v) is 8.56. The van der Waals surface area contributed by atoms with Crippen molar-refractivity contribution in [3.63, 3.8) is 0 Å². The fourth-order valence-electron chi connectivity index (χ4n) is 2.80. The van der Waals surface area contributed by atoms with Crippen LogP contribution >= 0.6 is 22.6 Å². The van der Waals surface area contributed by atoms with Crippen molar-refractivity contribution >= 4 is 28.5 Å². The maximum absolute atomic E-state index is 13.2. The van der Waals surface area contributed by atoms with Gasteiger partial charge >= 0.3 is 0 Å². The van der Waals surface area contributed by atoms with Gasteiger partial charge in [-0.25, -0.2) is 4.39 Å². The van der Waals surface area contributed by atoms with Gasteiger partial charge in [0.1, 0.15) is 11.5 Å². The molecule has 3 rings (SSSR count). The zero-order valence-corrected chi connectivity index (χ0v) is 15.0. The second-order valence-electron chi connectivity index (χ2n) is 5.66. The molecule has 1 aliphatic heterocycles. The molecule has 23 heavy (non-hydrogen) atoms. The first-order valence-electron chi connectivity index (χ1n) is 7.48. The molecule has 122 valence electrons. The summed E-state index contributed by atoms with van der Waals surface area (Å²) in [6.45, 7) is 3.64. The summed E-state index contributed by atoms with van der Waals surface area (Å²) in [5, 5.41) is 4.13. The summed E-state index contributed by atoms with van der Waals surface area (Å²) in [6.07, 6.45) is 1.70. The lowest BCUT2D eigenvalue weighted by molar-refractivity contribution is 0.0616. The quantitative estimate of drug-likeness (QED) is 0.704. The van der Waals surface area contributed by atoms with E-state index in [1.54, 1.807) is 30.1 Å². The molecule has 1 fully saturated rings. The molecule has 0 unspecified atom stereocenters. The van der Waals surface area contributed by atoms with Gasteiger partial charge in [0.25, 0.3) is 5.91 Å². The van der Waals surface area contributed by atoms with E-state index in [-0.39, 0.29) is 11.7 Å². The number of amides is 1. The summed E-state index contributed by atoms with van der Waals surface area (Å²) < 4.78 is 15.7. The molecule has 0 N–H and O–H groups in total. The van der Waals surface area contributed by atoms with Crippen LogP contribution in [0.25, 0.3) is 0 Å². The van der Waals surface area contributed by atoms with Crippen molar-refractivity contribution in [3.8, 4) is 0 Å². The van der Waals surface area contributed by atoms with Crippen molar-refractivity contribution in [3.05, 3.63) is 51.1 Å². The summed E-state index contributed by atoms with van der Waals surface area (Å²) in [5.41, 5.74) is 1.61. The highest BCUT2D eigenvalue weighted by Crippen LogP contribution is 2.16. The van der Waals surface area contributed by atoms with Crippen LogP contribution in [0.15, 0.2) is 30.5 Å². The Labute approximate surface area is 148 Å². The number of rotatable bonds is 3. The number of aryl methyl sites for hydroxylation is 1. The largest absolute Gasteiger partial charge is 0.335 e. The Kier molecular flexibility index (Phi) is 4.96. The number of nitrogens with zero attached hydrogens (tertiary/aromatic N) is 4. The molecule has 1 aromatic carbocycles. The minimum absolute atomic E-state index is 0.0276. The lowest BCUT2D eigenvalue weighted by atomic mass is 10.2. The van der Waals surface area contributed by atoms with E-state index in [1.807, 2.05) is 11.0 Å². The average molecular weight is 428 g/mol. The van der Waals surface area contributed by atoms with Crippen molar-refractivity contribution in [2.45, 2.75) is 6.54 Å². The van der Waals surface area contributed by atoms with Crippen LogP contribution in [0.2, 0.25) is 0 Å². The smallest absolute Gasteiger partial charge is 0.273 e. The van der Waals surface area contributed by atoms with Gasteiger partial charge < -0.3 is 4.90 Å². The highest BCUT2D eigenvalue weighted by molar-refractivity contribution is 14.1. The van der Waals surface area contributed by atoms with Crippen LogP contribution in [0.4, 0.5) is 4.39 Å². The predicted molar refractivity (Wildman–Crippen MR) is 93.5 cm³/mol. The number of benzene rings is 1. The van der Waals surface area contributed by atoms with Gasteiger partial charge in [-0.05, 0) is 40.3 Å². The Morgan fingerprint density at radius 3 is 2.65 bits per heavy atom. The van der Waals surface area contributed by atoms with Crippen LogP contribution < -0.4 is 0 Å². The zero-order valence-electron chi connectivity index (χ0n) is 12.9. The van der Waals surface area contributed by atoms with Gasteiger partial charge in [0.15, 0.2) is 0 Å². The van der Waals surface area contributed by atoms with E-state index in [2.05, 4.69) is 32.6 Å². The molecule has 0 bridgehead atoms. The van der Waals surface area contributed by atoms with Gasteiger partial charge in [-0.2, -0.15) is 5.10 Å². The lowest BCUT2D eigenvalue weighted by Gasteiger charge is -2.34.